The lowest BCUT2D eigenvalue weighted by Gasteiger charge is -2.13. The van der Waals surface area contributed by atoms with Crippen LogP contribution in [0.15, 0.2) is 59.5 Å². The minimum absolute atomic E-state index is 0.486. The van der Waals surface area contributed by atoms with Crippen LogP contribution in [0.4, 0.5) is 5.69 Å². The number of anilines is 1. The molecule has 0 aliphatic heterocycles. The van der Waals surface area contributed by atoms with E-state index in [0.29, 0.717) is 19.0 Å². The van der Waals surface area contributed by atoms with Crippen molar-refractivity contribution in [3.8, 4) is 5.88 Å². The van der Waals surface area contributed by atoms with E-state index in [1.165, 1.54) is 5.56 Å². The number of halogens is 2. The molecule has 1 N–H and O–H groups in total. The first-order chi connectivity index (χ1) is 12.7. The third-order valence-electron chi connectivity index (χ3n) is 3.73. The van der Waals surface area contributed by atoms with E-state index in [-0.39, 0.29) is 0 Å². The molecular weight excluding hydrogens is 416 g/mol. The SMILES string of the molecule is Clc1ccc(CCCOc2nncc(Br)c2NCc2cccnc2)cc1. The van der Waals surface area contributed by atoms with Gasteiger partial charge in [-0.1, -0.05) is 29.8 Å². The molecule has 0 saturated heterocycles. The molecule has 0 bridgehead atoms. The van der Waals surface area contributed by atoms with Crippen LogP contribution in [-0.4, -0.2) is 21.8 Å². The smallest absolute Gasteiger partial charge is 0.258 e. The van der Waals surface area contributed by atoms with Crippen molar-refractivity contribution in [3.63, 3.8) is 0 Å². The molecule has 0 amide bonds. The Hall–Kier alpha value is -2.18. The molecule has 26 heavy (non-hydrogen) atoms. The van der Waals surface area contributed by atoms with E-state index < -0.39 is 0 Å². The lowest BCUT2D eigenvalue weighted by Crippen LogP contribution is -2.07. The third kappa shape index (κ3) is 5.41. The molecule has 2 aromatic heterocycles. The van der Waals surface area contributed by atoms with Crippen LogP contribution in [0.1, 0.15) is 17.5 Å². The number of aromatic nitrogens is 3. The quantitative estimate of drug-likeness (QED) is 0.511. The Morgan fingerprint density at radius 2 is 1.92 bits per heavy atom. The standard InChI is InChI=1S/C19H18BrClN4O/c20-17-13-24-25-19(18(17)23-12-15-3-1-9-22-11-15)26-10-2-4-14-5-7-16(21)8-6-14/h1,3,5-9,11,13H,2,4,10,12H2,(H,23,24). The van der Waals surface area contributed by atoms with E-state index in [4.69, 9.17) is 16.3 Å². The van der Waals surface area contributed by atoms with E-state index >= 15 is 0 Å². The molecule has 0 saturated carbocycles. The van der Waals surface area contributed by atoms with E-state index in [1.54, 1.807) is 12.4 Å². The Morgan fingerprint density at radius 3 is 2.69 bits per heavy atom. The Kier molecular flexibility index (Phi) is 6.80. The zero-order valence-electron chi connectivity index (χ0n) is 14.0. The minimum atomic E-state index is 0.486. The zero-order chi connectivity index (χ0) is 18.2. The van der Waals surface area contributed by atoms with Crippen molar-refractivity contribution in [2.24, 2.45) is 0 Å². The van der Waals surface area contributed by atoms with E-state index in [1.807, 2.05) is 42.6 Å². The lowest BCUT2D eigenvalue weighted by atomic mass is 10.1. The second-order valence-corrected chi connectivity index (χ2v) is 6.96. The number of benzene rings is 1. The molecule has 7 heteroatoms. The van der Waals surface area contributed by atoms with Gasteiger partial charge in [0.15, 0.2) is 0 Å². The summed E-state index contributed by atoms with van der Waals surface area (Å²) in [4.78, 5) is 4.12. The van der Waals surface area contributed by atoms with Crippen molar-refractivity contribution < 1.29 is 4.74 Å². The van der Waals surface area contributed by atoms with Gasteiger partial charge in [-0.2, -0.15) is 5.10 Å². The highest BCUT2D eigenvalue weighted by Gasteiger charge is 2.10. The second kappa shape index (κ2) is 9.50. The van der Waals surface area contributed by atoms with Crippen LogP contribution < -0.4 is 10.1 Å². The summed E-state index contributed by atoms with van der Waals surface area (Å²) in [5.41, 5.74) is 3.09. The fraction of sp³-hybridized carbons (Fsp3) is 0.211. The van der Waals surface area contributed by atoms with Gasteiger partial charge in [0.2, 0.25) is 0 Å². The van der Waals surface area contributed by atoms with Crippen molar-refractivity contribution in [1.29, 1.82) is 0 Å². The number of nitrogens with one attached hydrogen (secondary N) is 1. The number of hydrogen-bond donors (Lipinski definition) is 1. The Labute approximate surface area is 165 Å². The van der Waals surface area contributed by atoms with Gasteiger partial charge in [-0.3, -0.25) is 4.98 Å². The van der Waals surface area contributed by atoms with Crippen LogP contribution in [0.25, 0.3) is 0 Å². The van der Waals surface area contributed by atoms with Crippen molar-refractivity contribution in [2.75, 3.05) is 11.9 Å². The number of aryl methyl sites for hydroxylation is 1. The van der Waals surface area contributed by atoms with Gasteiger partial charge in [0.1, 0.15) is 5.69 Å². The van der Waals surface area contributed by atoms with E-state index in [0.717, 1.165) is 33.6 Å². The molecule has 0 fully saturated rings. The largest absolute Gasteiger partial charge is 0.475 e. The van der Waals surface area contributed by atoms with Gasteiger partial charge < -0.3 is 10.1 Å². The highest BCUT2D eigenvalue weighted by Crippen LogP contribution is 2.30. The molecule has 3 aromatic rings. The molecule has 3 rings (SSSR count). The summed E-state index contributed by atoms with van der Waals surface area (Å²) in [6.07, 6.45) is 7.01. The van der Waals surface area contributed by atoms with Crippen LogP contribution in [0.2, 0.25) is 5.02 Å². The van der Waals surface area contributed by atoms with Crippen molar-refractivity contribution in [2.45, 2.75) is 19.4 Å². The molecule has 1 aromatic carbocycles. The van der Waals surface area contributed by atoms with Gasteiger partial charge >= 0.3 is 0 Å². The fourth-order valence-corrected chi connectivity index (χ4v) is 2.93. The Bertz CT molecular complexity index is 831. The first-order valence-electron chi connectivity index (χ1n) is 8.23. The number of hydrogen-bond acceptors (Lipinski definition) is 5. The molecule has 0 spiro atoms. The molecule has 0 radical (unpaired) electrons. The summed E-state index contributed by atoms with van der Waals surface area (Å²) in [5.74, 6) is 0.486. The topological polar surface area (TPSA) is 59.9 Å². The third-order valence-corrected chi connectivity index (χ3v) is 4.58. The fourth-order valence-electron chi connectivity index (χ4n) is 2.40. The average Bonchev–Trinajstić information content (AvgIpc) is 2.67. The summed E-state index contributed by atoms with van der Waals surface area (Å²) in [6, 6.07) is 11.8. The minimum Gasteiger partial charge on any atom is -0.475 e. The first kappa shape index (κ1) is 18.6. The predicted octanol–water partition coefficient (Wildman–Crippen LogP) is 4.91. The Morgan fingerprint density at radius 1 is 1.08 bits per heavy atom. The van der Waals surface area contributed by atoms with Crippen LogP contribution in [0, 0.1) is 0 Å². The Balaban J connectivity index is 1.55. The van der Waals surface area contributed by atoms with Crippen molar-refractivity contribution in [1.82, 2.24) is 15.2 Å². The number of nitrogens with zero attached hydrogens (tertiary/aromatic N) is 3. The van der Waals surface area contributed by atoms with Gasteiger partial charge in [-0.25, -0.2) is 0 Å². The average molecular weight is 434 g/mol. The van der Waals surface area contributed by atoms with Gasteiger partial charge in [0.25, 0.3) is 5.88 Å². The predicted molar refractivity (Wildman–Crippen MR) is 107 cm³/mol. The molecule has 0 aliphatic rings. The maximum Gasteiger partial charge on any atom is 0.258 e. The first-order valence-corrected chi connectivity index (χ1v) is 9.40. The molecule has 2 heterocycles. The van der Waals surface area contributed by atoms with E-state index in [2.05, 4.69) is 36.4 Å². The van der Waals surface area contributed by atoms with Crippen molar-refractivity contribution in [3.05, 3.63) is 75.6 Å². The molecule has 134 valence electrons. The number of pyridine rings is 1. The zero-order valence-corrected chi connectivity index (χ0v) is 16.4. The van der Waals surface area contributed by atoms with Crippen LogP contribution >= 0.6 is 27.5 Å². The number of ether oxygens (including phenoxy) is 1. The second-order valence-electron chi connectivity index (χ2n) is 5.67. The monoisotopic (exact) mass is 432 g/mol. The van der Waals surface area contributed by atoms with Crippen LogP contribution in [0.5, 0.6) is 5.88 Å². The molecule has 0 aliphatic carbocycles. The van der Waals surface area contributed by atoms with Gasteiger partial charge in [-0.15, -0.1) is 5.10 Å². The summed E-state index contributed by atoms with van der Waals surface area (Å²) >= 11 is 9.40. The maximum absolute atomic E-state index is 5.90. The molecule has 5 nitrogen and oxygen atoms in total. The van der Waals surface area contributed by atoms with Gasteiger partial charge in [-0.05, 0) is 58.1 Å². The van der Waals surface area contributed by atoms with Crippen LogP contribution in [0.3, 0.4) is 0 Å². The van der Waals surface area contributed by atoms with E-state index in [9.17, 15) is 0 Å². The molecule has 0 atom stereocenters. The summed E-state index contributed by atoms with van der Waals surface area (Å²) in [6.45, 7) is 1.18. The molecular formula is C19H18BrClN4O. The highest BCUT2D eigenvalue weighted by molar-refractivity contribution is 9.10. The maximum atomic E-state index is 5.90. The van der Waals surface area contributed by atoms with Gasteiger partial charge in [0.05, 0.1) is 17.3 Å². The summed E-state index contributed by atoms with van der Waals surface area (Å²) in [5, 5.41) is 12.2. The lowest BCUT2D eigenvalue weighted by molar-refractivity contribution is 0.297. The number of rotatable bonds is 8. The van der Waals surface area contributed by atoms with Crippen molar-refractivity contribution >= 4 is 33.2 Å². The highest BCUT2D eigenvalue weighted by atomic mass is 79.9. The summed E-state index contributed by atoms with van der Waals surface area (Å²) < 4.78 is 6.65. The molecule has 0 unspecified atom stereocenters. The normalized spacial score (nSPS) is 10.5. The summed E-state index contributed by atoms with van der Waals surface area (Å²) in [7, 11) is 0. The van der Waals surface area contributed by atoms with Crippen LogP contribution in [-0.2, 0) is 13.0 Å². The van der Waals surface area contributed by atoms with Gasteiger partial charge in [0, 0.05) is 24.0 Å².